The fraction of sp³-hybridized carbons (Fsp3) is 0.810. The lowest BCUT2D eigenvalue weighted by Gasteiger charge is -2.50. The van der Waals surface area contributed by atoms with Crippen LogP contribution in [0.2, 0.25) is 0 Å². The number of ether oxygens (including phenoxy) is 8. The molecule has 0 aliphatic carbocycles. The third kappa shape index (κ3) is 14.2. The summed E-state index contributed by atoms with van der Waals surface area (Å²) in [5.41, 5.74) is -1.49. The van der Waals surface area contributed by atoms with Crippen LogP contribution in [-0.2, 0) is 57.1 Å². The summed E-state index contributed by atoms with van der Waals surface area (Å²) in [7, 11) is 4.86. The third-order valence-electron chi connectivity index (χ3n) is 11.1. The van der Waals surface area contributed by atoms with Crippen molar-refractivity contribution in [3.05, 3.63) is 24.3 Å². The van der Waals surface area contributed by atoms with Crippen LogP contribution in [0.3, 0.4) is 0 Å². The highest BCUT2D eigenvalue weighted by Crippen LogP contribution is 2.38. The van der Waals surface area contributed by atoms with Crippen molar-refractivity contribution in [2.75, 3.05) is 21.2 Å². The van der Waals surface area contributed by atoms with E-state index in [0.29, 0.717) is 19.1 Å². The van der Waals surface area contributed by atoms with E-state index in [4.69, 9.17) is 37.9 Å². The molecule has 16 unspecified atom stereocenters. The molecule has 0 radical (unpaired) electrons. The summed E-state index contributed by atoms with van der Waals surface area (Å²) in [5.74, 6) is -2.87. The Bertz CT molecular complexity index is 1370. The number of carbonyl (C=O) groups excluding carboxylic acids is 4. The van der Waals surface area contributed by atoms with Gasteiger partial charge in [0.15, 0.2) is 18.7 Å². The van der Waals surface area contributed by atoms with Crippen molar-refractivity contribution in [2.24, 2.45) is 11.8 Å². The maximum Gasteiger partial charge on any atom is 0.309 e. The summed E-state index contributed by atoms with van der Waals surface area (Å²) in [6.45, 7) is 11.7. The van der Waals surface area contributed by atoms with Gasteiger partial charge in [-0.05, 0) is 66.5 Å². The van der Waals surface area contributed by atoms with E-state index in [2.05, 4.69) is 0 Å². The van der Waals surface area contributed by atoms with Gasteiger partial charge in [-0.25, -0.2) is 0 Å². The van der Waals surface area contributed by atoms with Crippen LogP contribution in [-0.4, -0.2) is 151 Å². The Morgan fingerprint density at radius 1 is 1.02 bits per heavy atom. The lowest BCUT2D eigenvalue weighted by molar-refractivity contribution is -0.344. The van der Waals surface area contributed by atoms with Crippen LogP contribution in [0.25, 0.3) is 0 Å². The van der Waals surface area contributed by atoms with Gasteiger partial charge in [0, 0.05) is 39.7 Å². The number of likely N-dealkylation sites (N-methyl/N-ethyl adjacent to an activating group) is 1. The van der Waals surface area contributed by atoms with Gasteiger partial charge in [0.1, 0.15) is 42.4 Å². The second-order valence-electron chi connectivity index (χ2n) is 16.5. The molecule has 0 amide bonds. The highest BCUT2D eigenvalue weighted by Gasteiger charge is 2.53. The number of cyclic esters (lactones) is 1. The summed E-state index contributed by atoms with van der Waals surface area (Å²) in [6, 6.07) is -0.779. The van der Waals surface area contributed by atoms with Gasteiger partial charge in [0.2, 0.25) is 0 Å². The van der Waals surface area contributed by atoms with Crippen LogP contribution in [0.5, 0.6) is 0 Å². The van der Waals surface area contributed by atoms with Gasteiger partial charge in [0.25, 0.3) is 0 Å². The minimum absolute atomic E-state index is 0.0400. The van der Waals surface area contributed by atoms with E-state index in [1.165, 1.54) is 14.0 Å². The number of carbonyl (C=O) groups is 4. The predicted molar refractivity (Wildman–Crippen MR) is 210 cm³/mol. The molecule has 3 heterocycles. The Kier molecular flexibility index (Phi) is 19.9. The topological polar surface area (TPSA) is 206 Å². The van der Waals surface area contributed by atoms with E-state index in [0.717, 1.165) is 6.42 Å². The van der Waals surface area contributed by atoms with E-state index in [9.17, 15) is 34.5 Å². The van der Waals surface area contributed by atoms with Crippen LogP contribution in [0.1, 0.15) is 99.8 Å². The third-order valence-corrected chi connectivity index (χ3v) is 11.1. The molecule has 0 aromatic carbocycles. The van der Waals surface area contributed by atoms with Gasteiger partial charge in [-0.3, -0.25) is 14.4 Å². The Balaban J connectivity index is 1.97. The van der Waals surface area contributed by atoms with Gasteiger partial charge in [-0.1, -0.05) is 44.6 Å². The van der Waals surface area contributed by atoms with Gasteiger partial charge < -0.3 is 62.9 Å². The first-order valence-electron chi connectivity index (χ1n) is 20.6. The Hall–Kier alpha value is -2.80. The summed E-state index contributed by atoms with van der Waals surface area (Å²) < 4.78 is 48.5. The molecule has 332 valence electrons. The van der Waals surface area contributed by atoms with Crippen molar-refractivity contribution in [1.82, 2.24) is 4.90 Å². The molecule has 58 heavy (non-hydrogen) atoms. The number of aliphatic hydroxyl groups is 3. The number of nitrogens with zero attached hydrogens (tertiary/aromatic N) is 1. The first-order valence-corrected chi connectivity index (χ1v) is 20.6. The van der Waals surface area contributed by atoms with E-state index in [1.807, 2.05) is 19.9 Å². The van der Waals surface area contributed by atoms with E-state index in [1.54, 1.807) is 64.9 Å². The van der Waals surface area contributed by atoms with Crippen molar-refractivity contribution in [3.8, 4) is 0 Å². The Labute approximate surface area is 343 Å². The number of hydrogen-bond acceptors (Lipinski definition) is 16. The van der Waals surface area contributed by atoms with Crippen molar-refractivity contribution in [3.63, 3.8) is 0 Å². The second kappa shape index (κ2) is 23.3. The lowest BCUT2D eigenvalue weighted by atomic mass is 9.82. The number of aldehydes is 1. The number of esters is 3. The van der Waals surface area contributed by atoms with Crippen molar-refractivity contribution < 1.29 is 72.4 Å². The fourth-order valence-electron chi connectivity index (χ4n) is 8.08. The van der Waals surface area contributed by atoms with Crippen LogP contribution in [0.4, 0.5) is 0 Å². The highest BCUT2D eigenvalue weighted by atomic mass is 16.7. The normalized spacial score (nSPS) is 39.5. The van der Waals surface area contributed by atoms with Crippen LogP contribution >= 0.6 is 0 Å². The number of allylic oxidation sites excluding steroid dienone is 2. The van der Waals surface area contributed by atoms with Crippen molar-refractivity contribution >= 4 is 24.2 Å². The average Bonchev–Trinajstić information content (AvgIpc) is 3.12. The van der Waals surface area contributed by atoms with E-state index < -0.39 is 121 Å². The average molecular weight is 828 g/mol. The molecular formula is C42H69NO15. The molecule has 2 fully saturated rings. The first-order chi connectivity index (χ1) is 27.3. The monoisotopic (exact) mass is 827 g/mol. The lowest BCUT2D eigenvalue weighted by Crippen LogP contribution is -2.66. The molecule has 16 atom stereocenters. The zero-order valence-electron chi connectivity index (χ0n) is 35.9. The summed E-state index contributed by atoms with van der Waals surface area (Å²) in [5, 5.41) is 34.6. The van der Waals surface area contributed by atoms with Gasteiger partial charge in [-0.15, -0.1) is 0 Å². The molecule has 3 aliphatic heterocycles. The molecule has 16 heteroatoms. The zero-order chi connectivity index (χ0) is 43.3. The number of rotatable bonds is 13. The molecule has 3 aliphatic rings. The zero-order valence-corrected chi connectivity index (χ0v) is 35.9. The minimum atomic E-state index is -1.49. The van der Waals surface area contributed by atoms with Gasteiger partial charge in [0.05, 0.1) is 36.9 Å². The van der Waals surface area contributed by atoms with Gasteiger partial charge in [-0.2, -0.15) is 0 Å². The van der Waals surface area contributed by atoms with E-state index in [-0.39, 0.29) is 25.7 Å². The van der Waals surface area contributed by atoms with Crippen molar-refractivity contribution in [1.29, 1.82) is 0 Å². The second-order valence-corrected chi connectivity index (χ2v) is 16.5. The van der Waals surface area contributed by atoms with Crippen LogP contribution in [0.15, 0.2) is 24.3 Å². The SMILES string of the molecule is CCCCC(=O)OC1C(C)OC(OC2C(C)OC(OC3C(CC=O)CC(C)C(O)C=CC=CCC(C)OC(=O)CC(OC(C)=O)C3OC)C(O)C2N(C)C)CC1(C)O. The Morgan fingerprint density at radius 3 is 2.33 bits per heavy atom. The molecular weight excluding hydrogens is 758 g/mol. The minimum Gasteiger partial charge on any atom is -0.462 e. The molecule has 0 aromatic heterocycles. The highest BCUT2D eigenvalue weighted by molar-refractivity contribution is 5.72. The maximum atomic E-state index is 13.2. The Morgan fingerprint density at radius 2 is 1.72 bits per heavy atom. The number of unbranched alkanes of at least 4 members (excludes halogenated alkanes) is 1. The smallest absolute Gasteiger partial charge is 0.309 e. The molecule has 3 N–H and O–H groups in total. The number of methoxy groups -OCH3 is 1. The maximum absolute atomic E-state index is 13.2. The standard InChI is InChI=1S/C42H69NO15/c1-11-12-18-32(47)56-40-27(5)53-34(23-42(40,7)50)57-37-26(4)54-41(36(49)35(37)43(8)9)58-38-29(19-20-44)21-24(2)30(46)17-15-13-14-16-25(3)52-33(48)22-31(39(38)51-10)55-28(6)45/h13-15,17,20,24-27,29-31,34-41,46,49-50H,11-12,16,18-19,21-23H2,1-10H3. The number of aliphatic hydroxyl groups excluding tert-OH is 2. The predicted octanol–water partition coefficient (Wildman–Crippen LogP) is 3.16. The van der Waals surface area contributed by atoms with E-state index >= 15 is 0 Å². The summed E-state index contributed by atoms with van der Waals surface area (Å²) >= 11 is 0. The molecule has 0 saturated carbocycles. The molecule has 2 saturated heterocycles. The molecule has 0 aromatic rings. The fourth-order valence-corrected chi connectivity index (χ4v) is 8.08. The molecule has 0 bridgehead atoms. The van der Waals surface area contributed by atoms with Gasteiger partial charge >= 0.3 is 17.9 Å². The molecule has 3 rings (SSSR count). The molecule has 0 spiro atoms. The molecule has 16 nitrogen and oxygen atoms in total. The summed E-state index contributed by atoms with van der Waals surface area (Å²) in [6.07, 6.45) is -2.53. The number of hydrogen-bond donors (Lipinski definition) is 3. The first kappa shape index (κ1) is 49.6. The quantitative estimate of drug-likeness (QED) is 0.139. The van der Waals surface area contributed by atoms with Crippen LogP contribution < -0.4 is 0 Å². The van der Waals surface area contributed by atoms with Crippen molar-refractivity contribution in [2.45, 2.75) is 185 Å². The summed E-state index contributed by atoms with van der Waals surface area (Å²) in [4.78, 5) is 52.2. The van der Waals surface area contributed by atoms with Crippen LogP contribution in [0, 0.1) is 11.8 Å². The largest absolute Gasteiger partial charge is 0.462 e.